The van der Waals surface area contributed by atoms with Crippen molar-refractivity contribution in [2.45, 2.75) is 51.3 Å². The van der Waals surface area contributed by atoms with Gasteiger partial charge in [-0.25, -0.2) is 13.1 Å². The molecule has 0 saturated carbocycles. The third kappa shape index (κ3) is 11.3. The fourth-order valence-corrected chi connectivity index (χ4v) is 2.93. The summed E-state index contributed by atoms with van der Waals surface area (Å²) in [5.41, 5.74) is 0. The molecule has 18 heavy (non-hydrogen) atoms. The zero-order chi connectivity index (χ0) is 14.0. The van der Waals surface area contributed by atoms with Crippen molar-refractivity contribution in [2.75, 3.05) is 25.1 Å². The lowest BCUT2D eigenvalue weighted by molar-refractivity contribution is 0.554. The maximum Gasteiger partial charge on any atom is 0.211 e. The molecule has 1 unspecified atom stereocenters. The molecule has 6 heteroatoms. The highest BCUT2D eigenvalue weighted by molar-refractivity contribution is 7.99. The molecule has 0 aliphatic rings. The van der Waals surface area contributed by atoms with Crippen molar-refractivity contribution in [3.8, 4) is 0 Å². The summed E-state index contributed by atoms with van der Waals surface area (Å²) < 4.78 is 26.0. The van der Waals surface area contributed by atoms with E-state index in [2.05, 4.69) is 30.8 Å². The summed E-state index contributed by atoms with van der Waals surface area (Å²) in [6.07, 6.45) is 4.55. The van der Waals surface area contributed by atoms with E-state index in [1.807, 2.05) is 6.26 Å². The average Bonchev–Trinajstić information content (AvgIpc) is 2.27. The molecule has 0 aliphatic heterocycles. The Labute approximate surface area is 117 Å². The van der Waals surface area contributed by atoms with Crippen LogP contribution < -0.4 is 10.0 Å². The second-order valence-corrected chi connectivity index (χ2v) is 8.07. The number of unbranched alkanes of at least 4 members (excludes halogenated alkanes) is 1. The Hall–Kier alpha value is 0.220. The van der Waals surface area contributed by atoms with Crippen LogP contribution in [0.1, 0.15) is 40.0 Å². The molecule has 0 fully saturated rings. The first kappa shape index (κ1) is 18.2. The zero-order valence-corrected chi connectivity index (χ0v) is 13.7. The lowest BCUT2D eigenvalue weighted by Crippen LogP contribution is -2.29. The van der Waals surface area contributed by atoms with E-state index in [9.17, 15) is 8.42 Å². The van der Waals surface area contributed by atoms with Crippen LogP contribution in [-0.4, -0.2) is 44.8 Å². The van der Waals surface area contributed by atoms with Crippen molar-refractivity contribution in [3.63, 3.8) is 0 Å². The molecule has 1 atom stereocenters. The number of thioether (sulfide) groups is 1. The SMILES string of the molecule is CSC(C)CCNS(=O)(=O)CCCCNC(C)C. The minimum absolute atomic E-state index is 0.237. The van der Waals surface area contributed by atoms with E-state index in [4.69, 9.17) is 0 Å². The van der Waals surface area contributed by atoms with E-state index in [1.54, 1.807) is 11.8 Å². The molecule has 0 bridgehead atoms. The molecule has 0 aliphatic carbocycles. The van der Waals surface area contributed by atoms with Crippen molar-refractivity contribution < 1.29 is 8.42 Å². The number of nitrogens with one attached hydrogen (secondary N) is 2. The highest BCUT2D eigenvalue weighted by atomic mass is 32.2. The quantitative estimate of drug-likeness (QED) is 0.571. The second-order valence-electron chi connectivity index (χ2n) is 4.86. The topological polar surface area (TPSA) is 58.2 Å². The summed E-state index contributed by atoms with van der Waals surface area (Å²) in [7, 11) is -3.07. The lowest BCUT2D eigenvalue weighted by atomic mass is 10.3. The van der Waals surface area contributed by atoms with E-state index in [-0.39, 0.29) is 5.75 Å². The monoisotopic (exact) mass is 296 g/mol. The Bertz CT molecular complexity index is 292. The third-order valence-corrected chi connectivity index (χ3v) is 5.18. The van der Waals surface area contributed by atoms with Crippen LogP contribution in [0.4, 0.5) is 0 Å². The highest BCUT2D eigenvalue weighted by Crippen LogP contribution is 2.08. The van der Waals surface area contributed by atoms with Crippen LogP contribution in [0, 0.1) is 0 Å². The first-order valence-corrected chi connectivity index (χ1v) is 9.55. The van der Waals surface area contributed by atoms with Crippen molar-refractivity contribution in [1.82, 2.24) is 10.0 Å². The minimum Gasteiger partial charge on any atom is -0.315 e. The van der Waals surface area contributed by atoms with Crippen LogP contribution in [0.25, 0.3) is 0 Å². The van der Waals surface area contributed by atoms with Crippen LogP contribution in [0.5, 0.6) is 0 Å². The van der Waals surface area contributed by atoms with Gasteiger partial charge in [0.1, 0.15) is 0 Å². The fraction of sp³-hybridized carbons (Fsp3) is 1.00. The molecule has 0 aromatic carbocycles. The van der Waals surface area contributed by atoms with Gasteiger partial charge in [-0.05, 0) is 32.1 Å². The van der Waals surface area contributed by atoms with Gasteiger partial charge in [0.15, 0.2) is 0 Å². The average molecular weight is 297 g/mol. The Balaban J connectivity index is 3.61. The van der Waals surface area contributed by atoms with Gasteiger partial charge in [-0.1, -0.05) is 20.8 Å². The predicted molar refractivity (Wildman–Crippen MR) is 81.8 cm³/mol. The van der Waals surface area contributed by atoms with Gasteiger partial charge in [-0.2, -0.15) is 11.8 Å². The summed E-state index contributed by atoms with van der Waals surface area (Å²) >= 11 is 1.76. The molecular formula is C12H28N2O2S2. The zero-order valence-electron chi connectivity index (χ0n) is 12.0. The molecule has 2 N–H and O–H groups in total. The van der Waals surface area contributed by atoms with Crippen molar-refractivity contribution >= 4 is 21.8 Å². The van der Waals surface area contributed by atoms with Gasteiger partial charge in [-0.15, -0.1) is 0 Å². The maximum absolute atomic E-state index is 11.7. The van der Waals surface area contributed by atoms with Gasteiger partial charge < -0.3 is 5.32 Å². The Morgan fingerprint density at radius 2 is 1.78 bits per heavy atom. The number of rotatable bonds is 11. The van der Waals surface area contributed by atoms with Gasteiger partial charge >= 0.3 is 0 Å². The van der Waals surface area contributed by atoms with E-state index < -0.39 is 10.0 Å². The lowest BCUT2D eigenvalue weighted by Gasteiger charge is -2.10. The molecule has 0 spiro atoms. The molecule has 0 amide bonds. The molecule has 110 valence electrons. The van der Waals surface area contributed by atoms with E-state index >= 15 is 0 Å². The summed E-state index contributed by atoms with van der Waals surface area (Å²) in [6, 6.07) is 0.466. The molecule has 0 saturated heterocycles. The first-order chi connectivity index (χ1) is 8.37. The van der Waals surface area contributed by atoms with Crippen LogP contribution in [-0.2, 0) is 10.0 Å². The van der Waals surface area contributed by atoms with Gasteiger partial charge in [0.2, 0.25) is 10.0 Å². The molecular weight excluding hydrogens is 268 g/mol. The van der Waals surface area contributed by atoms with E-state index in [0.717, 1.165) is 19.4 Å². The highest BCUT2D eigenvalue weighted by Gasteiger charge is 2.09. The number of sulfonamides is 1. The summed E-state index contributed by atoms with van der Waals surface area (Å²) in [5, 5.41) is 3.78. The molecule has 0 aromatic rings. The van der Waals surface area contributed by atoms with Gasteiger partial charge in [0.05, 0.1) is 5.75 Å². The molecule has 0 heterocycles. The van der Waals surface area contributed by atoms with Crippen LogP contribution in [0.15, 0.2) is 0 Å². The molecule has 4 nitrogen and oxygen atoms in total. The normalized spacial score (nSPS) is 14.1. The van der Waals surface area contributed by atoms with E-state index in [0.29, 0.717) is 24.3 Å². The smallest absolute Gasteiger partial charge is 0.211 e. The second kappa shape index (κ2) is 10.1. The Morgan fingerprint density at radius 1 is 1.11 bits per heavy atom. The summed E-state index contributed by atoms with van der Waals surface area (Å²) in [4.78, 5) is 0. The van der Waals surface area contributed by atoms with Crippen LogP contribution in [0.2, 0.25) is 0 Å². The van der Waals surface area contributed by atoms with Crippen molar-refractivity contribution in [1.29, 1.82) is 0 Å². The minimum atomic E-state index is -3.07. The largest absolute Gasteiger partial charge is 0.315 e. The molecule has 0 aromatic heterocycles. The first-order valence-electron chi connectivity index (χ1n) is 6.61. The third-order valence-electron chi connectivity index (χ3n) is 2.67. The van der Waals surface area contributed by atoms with Crippen molar-refractivity contribution in [3.05, 3.63) is 0 Å². The van der Waals surface area contributed by atoms with E-state index in [1.165, 1.54) is 0 Å². The maximum atomic E-state index is 11.7. The molecule has 0 rings (SSSR count). The summed E-state index contributed by atoms with van der Waals surface area (Å²) in [6.45, 7) is 7.72. The fourth-order valence-electron chi connectivity index (χ4n) is 1.42. The number of hydrogen-bond acceptors (Lipinski definition) is 4. The predicted octanol–water partition coefficient (Wildman–Crippen LogP) is 1.83. The van der Waals surface area contributed by atoms with Gasteiger partial charge in [0.25, 0.3) is 0 Å². The van der Waals surface area contributed by atoms with Crippen molar-refractivity contribution in [2.24, 2.45) is 0 Å². The van der Waals surface area contributed by atoms with Gasteiger partial charge in [-0.3, -0.25) is 0 Å². The van der Waals surface area contributed by atoms with Crippen LogP contribution >= 0.6 is 11.8 Å². The Kier molecular flexibility index (Phi) is 10.2. The standard InChI is InChI=1S/C12H28N2O2S2/c1-11(2)13-8-5-6-10-18(15,16)14-9-7-12(3)17-4/h11-14H,5-10H2,1-4H3. The Morgan fingerprint density at radius 3 is 2.33 bits per heavy atom. The van der Waals surface area contributed by atoms with Gasteiger partial charge in [0, 0.05) is 17.8 Å². The van der Waals surface area contributed by atoms with Crippen LogP contribution in [0.3, 0.4) is 0 Å². The molecule has 0 radical (unpaired) electrons. The number of hydrogen-bond donors (Lipinski definition) is 2. The summed E-state index contributed by atoms with van der Waals surface area (Å²) in [5.74, 6) is 0.237.